The second-order valence-electron chi connectivity index (χ2n) is 5.60. The predicted octanol–water partition coefficient (Wildman–Crippen LogP) is 2.14. The molecule has 2 rings (SSSR count). The molecule has 0 saturated carbocycles. The molecule has 0 radical (unpaired) electrons. The highest BCUT2D eigenvalue weighted by Gasteiger charge is 2.25. The van der Waals surface area contributed by atoms with Crippen LogP contribution >= 0.6 is 0 Å². The Bertz CT molecular complexity index is 463. The minimum atomic E-state index is 0.0457. The number of hydrogen-bond donors (Lipinski definition) is 2. The number of nitrogens with one attached hydrogen (secondary N) is 1. The van der Waals surface area contributed by atoms with Crippen LogP contribution in [0.1, 0.15) is 43.0 Å². The van der Waals surface area contributed by atoms with Crippen molar-refractivity contribution in [1.29, 1.82) is 0 Å². The van der Waals surface area contributed by atoms with Crippen LogP contribution in [0.4, 0.5) is 5.82 Å². The van der Waals surface area contributed by atoms with Gasteiger partial charge in [-0.25, -0.2) is 4.98 Å². The van der Waals surface area contributed by atoms with E-state index in [1.807, 2.05) is 11.0 Å². The first-order valence-electron chi connectivity index (χ1n) is 7.85. The molecule has 116 valence electrons. The van der Waals surface area contributed by atoms with Crippen LogP contribution in [0.15, 0.2) is 18.3 Å². The summed E-state index contributed by atoms with van der Waals surface area (Å²) < 4.78 is 0. The number of aliphatic hydroxyl groups is 1. The lowest BCUT2D eigenvalue weighted by Crippen LogP contribution is -2.40. The van der Waals surface area contributed by atoms with Gasteiger partial charge in [-0.1, -0.05) is 6.92 Å². The van der Waals surface area contributed by atoms with Crippen LogP contribution in [0.3, 0.4) is 0 Å². The Morgan fingerprint density at radius 2 is 2.43 bits per heavy atom. The van der Waals surface area contributed by atoms with E-state index in [-0.39, 0.29) is 12.5 Å². The third-order valence-corrected chi connectivity index (χ3v) is 3.92. The maximum atomic E-state index is 12.7. The van der Waals surface area contributed by atoms with Crippen LogP contribution in [0, 0.1) is 5.92 Å². The smallest absolute Gasteiger partial charge is 0.257 e. The van der Waals surface area contributed by atoms with Crippen LogP contribution in [-0.4, -0.2) is 47.1 Å². The summed E-state index contributed by atoms with van der Waals surface area (Å²) in [6.45, 7) is 4.62. The van der Waals surface area contributed by atoms with Crippen LogP contribution in [-0.2, 0) is 0 Å². The molecular weight excluding hydrogens is 266 g/mol. The van der Waals surface area contributed by atoms with Crippen molar-refractivity contribution in [1.82, 2.24) is 9.88 Å². The summed E-state index contributed by atoms with van der Waals surface area (Å²) in [5.74, 6) is 1.13. The van der Waals surface area contributed by atoms with E-state index in [1.54, 1.807) is 12.3 Å². The third kappa shape index (κ3) is 4.17. The van der Waals surface area contributed by atoms with Crippen LogP contribution < -0.4 is 5.32 Å². The first-order chi connectivity index (χ1) is 10.3. The SMILES string of the molecule is CCCNc1ncccc1C(=O)N1CCCC(CCO)C1. The van der Waals surface area contributed by atoms with Crippen LogP contribution in [0.2, 0.25) is 0 Å². The molecule has 0 aliphatic carbocycles. The monoisotopic (exact) mass is 291 g/mol. The zero-order valence-electron chi connectivity index (χ0n) is 12.7. The van der Waals surface area contributed by atoms with Gasteiger partial charge in [-0.2, -0.15) is 0 Å². The maximum absolute atomic E-state index is 12.7. The summed E-state index contributed by atoms with van der Waals surface area (Å²) in [6.07, 6.45) is 5.58. The molecule has 1 aromatic rings. The topological polar surface area (TPSA) is 65.5 Å². The van der Waals surface area contributed by atoms with Crippen LogP contribution in [0.5, 0.6) is 0 Å². The average molecular weight is 291 g/mol. The number of rotatable bonds is 6. The van der Waals surface area contributed by atoms with Crippen molar-refractivity contribution < 1.29 is 9.90 Å². The van der Waals surface area contributed by atoms with Gasteiger partial charge in [0.1, 0.15) is 5.82 Å². The number of pyridine rings is 1. The molecule has 0 bridgehead atoms. The van der Waals surface area contributed by atoms with Crippen molar-refractivity contribution in [3.8, 4) is 0 Å². The normalized spacial score (nSPS) is 18.6. The number of likely N-dealkylation sites (tertiary alicyclic amines) is 1. The Labute approximate surface area is 126 Å². The summed E-state index contributed by atoms with van der Waals surface area (Å²) in [5.41, 5.74) is 0.649. The largest absolute Gasteiger partial charge is 0.396 e. The lowest BCUT2D eigenvalue weighted by atomic mass is 9.94. The standard InChI is InChI=1S/C16H25N3O2/c1-2-8-17-15-14(6-3-9-18-15)16(21)19-10-4-5-13(12-19)7-11-20/h3,6,9,13,20H,2,4-5,7-8,10-12H2,1H3,(H,17,18). The van der Waals surface area contributed by atoms with E-state index in [0.29, 0.717) is 17.3 Å². The van der Waals surface area contributed by atoms with E-state index in [1.165, 1.54) is 0 Å². The number of nitrogens with zero attached hydrogens (tertiary/aromatic N) is 2. The van der Waals surface area contributed by atoms with E-state index >= 15 is 0 Å². The van der Waals surface area contributed by atoms with Crippen molar-refractivity contribution in [2.75, 3.05) is 31.6 Å². The Hall–Kier alpha value is -1.62. The number of hydrogen-bond acceptors (Lipinski definition) is 4. The van der Waals surface area contributed by atoms with Gasteiger partial charge >= 0.3 is 0 Å². The van der Waals surface area contributed by atoms with E-state index < -0.39 is 0 Å². The number of aliphatic hydroxyl groups excluding tert-OH is 1. The van der Waals surface area contributed by atoms with Gasteiger partial charge in [-0.05, 0) is 43.7 Å². The van der Waals surface area contributed by atoms with Crippen molar-refractivity contribution in [3.63, 3.8) is 0 Å². The van der Waals surface area contributed by atoms with E-state index in [0.717, 1.165) is 45.3 Å². The van der Waals surface area contributed by atoms with Crippen molar-refractivity contribution in [3.05, 3.63) is 23.9 Å². The molecule has 21 heavy (non-hydrogen) atoms. The fourth-order valence-corrected chi connectivity index (χ4v) is 2.80. The number of carbonyl (C=O) groups is 1. The summed E-state index contributed by atoms with van der Waals surface area (Å²) in [5, 5.41) is 12.3. The lowest BCUT2D eigenvalue weighted by molar-refractivity contribution is 0.0654. The van der Waals surface area contributed by atoms with E-state index in [9.17, 15) is 4.79 Å². The number of carbonyl (C=O) groups excluding carboxylic acids is 1. The lowest BCUT2D eigenvalue weighted by Gasteiger charge is -2.33. The second-order valence-corrected chi connectivity index (χ2v) is 5.60. The highest BCUT2D eigenvalue weighted by atomic mass is 16.3. The molecular formula is C16H25N3O2. The number of aromatic nitrogens is 1. The Morgan fingerprint density at radius 3 is 3.19 bits per heavy atom. The molecule has 1 atom stereocenters. The number of piperidine rings is 1. The Balaban J connectivity index is 2.08. The Morgan fingerprint density at radius 1 is 1.57 bits per heavy atom. The van der Waals surface area contributed by atoms with E-state index in [4.69, 9.17) is 5.11 Å². The zero-order chi connectivity index (χ0) is 15.1. The molecule has 5 nitrogen and oxygen atoms in total. The van der Waals surface area contributed by atoms with Gasteiger partial charge in [0.05, 0.1) is 5.56 Å². The molecule has 2 heterocycles. The highest BCUT2D eigenvalue weighted by molar-refractivity contribution is 5.98. The van der Waals surface area contributed by atoms with Gasteiger partial charge in [-0.3, -0.25) is 4.79 Å². The maximum Gasteiger partial charge on any atom is 0.257 e. The first-order valence-corrected chi connectivity index (χ1v) is 7.85. The average Bonchev–Trinajstić information content (AvgIpc) is 2.53. The van der Waals surface area contributed by atoms with Gasteiger partial charge in [0.2, 0.25) is 0 Å². The van der Waals surface area contributed by atoms with Gasteiger partial charge in [0.25, 0.3) is 5.91 Å². The third-order valence-electron chi connectivity index (χ3n) is 3.92. The molecule has 1 unspecified atom stereocenters. The molecule has 0 aromatic carbocycles. The zero-order valence-corrected chi connectivity index (χ0v) is 12.7. The molecule has 1 aromatic heterocycles. The molecule has 1 saturated heterocycles. The summed E-state index contributed by atoms with van der Waals surface area (Å²) in [4.78, 5) is 18.9. The van der Waals surface area contributed by atoms with E-state index in [2.05, 4.69) is 17.2 Å². The molecule has 1 amide bonds. The highest BCUT2D eigenvalue weighted by Crippen LogP contribution is 2.22. The quantitative estimate of drug-likeness (QED) is 0.843. The second kappa shape index (κ2) is 7.98. The minimum Gasteiger partial charge on any atom is -0.396 e. The molecule has 0 spiro atoms. The molecule has 5 heteroatoms. The van der Waals surface area contributed by atoms with Gasteiger partial charge < -0.3 is 15.3 Å². The predicted molar refractivity (Wildman–Crippen MR) is 83.3 cm³/mol. The van der Waals surface area contributed by atoms with Crippen LogP contribution in [0.25, 0.3) is 0 Å². The summed E-state index contributed by atoms with van der Waals surface area (Å²) >= 11 is 0. The van der Waals surface area contributed by atoms with Crippen molar-refractivity contribution >= 4 is 11.7 Å². The Kier molecular flexibility index (Phi) is 5.99. The van der Waals surface area contributed by atoms with Gasteiger partial charge in [0, 0.05) is 32.4 Å². The fraction of sp³-hybridized carbons (Fsp3) is 0.625. The number of amides is 1. The minimum absolute atomic E-state index is 0.0457. The van der Waals surface area contributed by atoms with Crippen molar-refractivity contribution in [2.24, 2.45) is 5.92 Å². The molecule has 1 aliphatic heterocycles. The summed E-state index contributed by atoms with van der Waals surface area (Å²) in [7, 11) is 0. The van der Waals surface area contributed by atoms with Gasteiger partial charge in [0.15, 0.2) is 0 Å². The summed E-state index contributed by atoms with van der Waals surface area (Å²) in [6, 6.07) is 3.64. The molecule has 2 N–H and O–H groups in total. The number of anilines is 1. The van der Waals surface area contributed by atoms with Crippen molar-refractivity contribution in [2.45, 2.75) is 32.6 Å². The van der Waals surface area contributed by atoms with Gasteiger partial charge in [-0.15, -0.1) is 0 Å². The first kappa shape index (κ1) is 15.8. The molecule has 1 aliphatic rings. The molecule has 1 fully saturated rings. The fourth-order valence-electron chi connectivity index (χ4n) is 2.80.